The molecule has 5 N–H and O–H groups in total. The first-order valence-corrected chi connectivity index (χ1v) is 22.6. The molecule has 4 aliphatic heterocycles. The lowest BCUT2D eigenvalue weighted by Crippen LogP contribution is -2.50. The molecule has 1 aliphatic carbocycles. The Labute approximate surface area is 385 Å². The first kappa shape index (κ1) is 48.0. The third-order valence-corrected chi connectivity index (χ3v) is 13.9. The number of carbonyl (C=O) groups excluding carboxylic acids is 4. The summed E-state index contributed by atoms with van der Waals surface area (Å²) in [4.78, 5) is 62.9. The van der Waals surface area contributed by atoms with Crippen LogP contribution in [0.4, 0.5) is 0 Å². The quantitative estimate of drug-likeness (QED) is 0.207. The van der Waals surface area contributed by atoms with Crippen LogP contribution in [0.1, 0.15) is 95.3 Å². The Morgan fingerprint density at radius 1 is 0.758 bits per heavy atom. The first-order chi connectivity index (χ1) is 31.4. The number of phenols is 1. The fourth-order valence-electron chi connectivity index (χ4n) is 9.67. The summed E-state index contributed by atoms with van der Waals surface area (Å²) in [6.07, 6.45) is 3.40. The molecule has 5 bridgehead atoms. The number of aromatic hydroxyl groups is 1. The number of hydrogen-bond donors (Lipinski definition) is 5. The Hall–Kier alpha value is -5.90. The van der Waals surface area contributed by atoms with Crippen LogP contribution < -0.4 is 10.1 Å². The second-order valence-corrected chi connectivity index (χ2v) is 18.2. The van der Waals surface area contributed by atoms with Crippen molar-refractivity contribution < 1.29 is 53.8 Å². The molecule has 0 aromatic heterocycles. The number of carbonyl (C=O) groups is 4. The number of fused-ring (bicyclic) bond motifs is 14. The summed E-state index contributed by atoms with van der Waals surface area (Å²) < 4.78 is 17.9. The highest BCUT2D eigenvalue weighted by atomic mass is 16.7. The molecule has 1 amide bonds. The lowest BCUT2D eigenvalue weighted by atomic mass is 9.78. The fraction of sp³-hybridized carbons (Fsp3) is 0.423. The van der Waals surface area contributed by atoms with Crippen molar-refractivity contribution >= 4 is 23.3 Å². The SMILES string of the molecule is COC1C=COC2(C)Oc3c(C)c(O)c4c(c3C2=O)C(=O)C(N2CCN(C(c3ccccc3)c3ccccc3)CC2)=C(NC(=O)C(C)=CC=CC(C)C(O)C(C)C(O)C(C)C(O)C1C)C4=O. The molecule has 8 rings (SSSR count). The number of ether oxygens (including phenoxy) is 3. The van der Waals surface area contributed by atoms with E-state index in [0.29, 0.717) is 13.1 Å². The van der Waals surface area contributed by atoms with Gasteiger partial charge in [0.05, 0.1) is 53.4 Å². The minimum absolute atomic E-state index is 0.0153. The number of benzene rings is 3. The van der Waals surface area contributed by atoms with Crippen LogP contribution in [0.5, 0.6) is 11.5 Å². The Kier molecular flexibility index (Phi) is 14.2. The molecule has 9 unspecified atom stereocenters. The number of phenolic OH excluding ortho intramolecular Hbond substituents is 1. The van der Waals surface area contributed by atoms with Crippen molar-refractivity contribution in [1.29, 1.82) is 0 Å². The smallest absolute Gasteiger partial charge is 0.312 e. The molecule has 0 radical (unpaired) electrons. The van der Waals surface area contributed by atoms with Crippen LogP contribution in [0.3, 0.4) is 0 Å². The van der Waals surface area contributed by atoms with Gasteiger partial charge in [0.2, 0.25) is 11.6 Å². The van der Waals surface area contributed by atoms with Gasteiger partial charge in [-0.05, 0) is 31.1 Å². The van der Waals surface area contributed by atoms with Crippen molar-refractivity contribution in [1.82, 2.24) is 15.1 Å². The third kappa shape index (κ3) is 8.87. The lowest BCUT2D eigenvalue weighted by Gasteiger charge is -2.42. The molecule has 1 saturated heterocycles. The van der Waals surface area contributed by atoms with E-state index in [9.17, 15) is 34.8 Å². The maximum absolute atomic E-state index is 15.3. The number of nitrogens with one attached hydrogen (secondary N) is 1. The summed E-state index contributed by atoms with van der Waals surface area (Å²) in [5.74, 6) is -8.39. The summed E-state index contributed by atoms with van der Waals surface area (Å²) in [7, 11) is 1.44. The number of aliphatic hydroxyl groups is 3. The van der Waals surface area contributed by atoms with Crippen LogP contribution in [0.2, 0.25) is 0 Å². The molecule has 3 aromatic carbocycles. The number of allylic oxidation sites excluding steroid dienone is 4. The van der Waals surface area contributed by atoms with Crippen LogP contribution in [0.15, 0.2) is 108 Å². The number of amides is 1. The highest BCUT2D eigenvalue weighted by Crippen LogP contribution is 2.49. The minimum atomic E-state index is -2.07. The molecular formula is C52H61N3O11. The van der Waals surface area contributed by atoms with Gasteiger partial charge in [-0.25, -0.2) is 0 Å². The van der Waals surface area contributed by atoms with Crippen LogP contribution in [0, 0.1) is 30.6 Å². The highest BCUT2D eigenvalue weighted by molar-refractivity contribution is 6.32. The number of Topliss-reactive ketones (excluding diaryl/α,β-unsaturated/α-hetero) is 3. The molecule has 14 nitrogen and oxygen atoms in total. The number of methoxy groups -OCH3 is 1. The number of nitrogens with zero attached hydrogens (tertiary/aromatic N) is 2. The van der Waals surface area contributed by atoms with E-state index in [1.807, 2.05) is 36.4 Å². The molecule has 66 heavy (non-hydrogen) atoms. The number of hydrogen-bond acceptors (Lipinski definition) is 13. The highest BCUT2D eigenvalue weighted by Gasteiger charge is 2.53. The maximum atomic E-state index is 15.3. The summed E-state index contributed by atoms with van der Waals surface area (Å²) in [6.45, 7) is 12.6. The Morgan fingerprint density at radius 3 is 1.92 bits per heavy atom. The molecular weight excluding hydrogens is 843 g/mol. The topological polar surface area (TPSA) is 195 Å². The van der Waals surface area contributed by atoms with Gasteiger partial charge in [0.15, 0.2) is 0 Å². The van der Waals surface area contributed by atoms with E-state index in [1.54, 1.807) is 44.7 Å². The molecule has 14 heteroatoms. The van der Waals surface area contributed by atoms with Crippen LogP contribution in [-0.4, -0.2) is 117 Å². The molecule has 3 aromatic rings. The van der Waals surface area contributed by atoms with Crippen LogP contribution in [0.25, 0.3) is 0 Å². The molecule has 5 aliphatic rings. The molecule has 350 valence electrons. The summed E-state index contributed by atoms with van der Waals surface area (Å²) in [5, 5.41) is 48.6. The van der Waals surface area contributed by atoms with Crippen molar-refractivity contribution in [2.75, 3.05) is 33.3 Å². The normalized spacial score (nSPS) is 29.2. The number of aliphatic hydroxyl groups excluding tert-OH is 3. The summed E-state index contributed by atoms with van der Waals surface area (Å²) in [5.41, 5.74) is 0.832. The fourth-order valence-corrected chi connectivity index (χ4v) is 9.67. The first-order valence-electron chi connectivity index (χ1n) is 22.6. The zero-order valence-electron chi connectivity index (χ0n) is 38.7. The standard InChI is InChI=1S/C52H61N3O11/c1-28-16-15-17-29(2)51(63)53-40-42(55-25-23-54(24-26-55)41(34-18-11-9-12-19-34)35-20-13-10-14-21-35)48(61)37-38(47(40)60)46(59)33(6)49-39(37)50(62)52(7,66-49)65-27-22-36(64-8)30(3)44(57)32(5)45(58)31(4)43(28)56/h9-22,27-28,30-32,36,41,43-45,56-59H,23-26H2,1-8H3,(H,53,63). The van der Waals surface area contributed by atoms with Gasteiger partial charge in [0.25, 0.3) is 11.7 Å². The second-order valence-electron chi connectivity index (χ2n) is 18.2. The van der Waals surface area contributed by atoms with Crippen LogP contribution in [-0.2, 0) is 14.3 Å². The largest absolute Gasteiger partial charge is 0.507 e. The molecule has 0 saturated carbocycles. The van der Waals surface area contributed by atoms with Gasteiger partial charge in [-0.1, -0.05) is 107 Å². The van der Waals surface area contributed by atoms with E-state index in [-0.39, 0.29) is 58.5 Å². The number of ketones is 3. The van der Waals surface area contributed by atoms with Crippen LogP contribution >= 0.6 is 0 Å². The average Bonchev–Trinajstić information content (AvgIpc) is 3.58. The van der Waals surface area contributed by atoms with Gasteiger partial charge in [-0.3, -0.25) is 24.1 Å². The molecule has 0 spiro atoms. The maximum Gasteiger partial charge on any atom is 0.312 e. The van der Waals surface area contributed by atoms with Gasteiger partial charge >= 0.3 is 5.79 Å². The Morgan fingerprint density at radius 2 is 1.33 bits per heavy atom. The van der Waals surface area contributed by atoms with Crippen molar-refractivity contribution in [3.63, 3.8) is 0 Å². The van der Waals surface area contributed by atoms with Crippen molar-refractivity contribution in [2.24, 2.45) is 23.7 Å². The van der Waals surface area contributed by atoms with E-state index >= 15 is 4.79 Å². The van der Waals surface area contributed by atoms with Gasteiger partial charge in [-0.2, -0.15) is 0 Å². The number of rotatable bonds is 5. The van der Waals surface area contributed by atoms with Gasteiger partial charge in [0.1, 0.15) is 22.9 Å². The predicted octanol–water partition coefficient (Wildman–Crippen LogP) is 5.79. The van der Waals surface area contributed by atoms with Crippen molar-refractivity contribution in [3.05, 3.63) is 142 Å². The van der Waals surface area contributed by atoms with E-state index in [4.69, 9.17) is 14.2 Å². The van der Waals surface area contributed by atoms with E-state index in [1.165, 1.54) is 46.3 Å². The predicted molar refractivity (Wildman–Crippen MR) is 247 cm³/mol. The average molecular weight is 904 g/mol. The van der Waals surface area contributed by atoms with E-state index in [0.717, 1.165) is 11.1 Å². The Bertz CT molecular complexity index is 2440. The van der Waals surface area contributed by atoms with Gasteiger partial charge in [0, 0.05) is 75.0 Å². The van der Waals surface area contributed by atoms with Gasteiger partial charge in [-0.15, -0.1) is 0 Å². The minimum Gasteiger partial charge on any atom is -0.507 e. The summed E-state index contributed by atoms with van der Waals surface area (Å²) >= 11 is 0. The lowest BCUT2D eigenvalue weighted by molar-refractivity contribution is -0.116. The second kappa shape index (κ2) is 19.5. The monoisotopic (exact) mass is 903 g/mol. The van der Waals surface area contributed by atoms with E-state index in [2.05, 4.69) is 34.5 Å². The molecule has 9 atom stereocenters. The van der Waals surface area contributed by atoms with Crippen molar-refractivity contribution in [2.45, 2.75) is 84.7 Å². The zero-order chi connectivity index (χ0) is 47.8. The van der Waals surface area contributed by atoms with E-state index < -0.39 is 88.4 Å². The summed E-state index contributed by atoms with van der Waals surface area (Å²) in [6, 6.07) is 20.0. The van der Waals surface area contributed by atoms with Gasteiger partial charge < -0.3 is 44.9 Å². The third-order valence-electron chi connectivity index (χ3n) is 13.9. The molecule has 1 fully saturated rings. The zero-order valence-corrected chi connectivity index (χ0v) is 38.7. The molecule has 4 heterocycles. The van der Waals surface area contributed by atoms with Crippen molar-refractivity contribution in [3.8, 4) is 11.5 Å². The number of piperazine rings is 1. The Balaban J connectivity index is 1.32.